The lowest BCUT2D eigenvalue weighted by atomic mass is 10.1. The lowest BCUT2D eigenvalue weighted by Crippen LogP contribution is -2.03. The fourth-order valence-corrected chi connectivity index (χ4v) is 2.46. The van der Waals surface area contributed by atoms with Crippen LogP contribution in [0, 0.1) is 0 Å². The molecule has 0 aliphatic heterocycles. The van der Waals surface area contributed by atoms with E-state index in [0.717, 1.165) is 20.2 Å². The van der Waals surface area contributed by atoms with Crippen molar-refractivity contribution in [2.75, 3.05) is 0 Å². The van der Waals surface area contributed by atoms with Gasteiger partial charge in [0, 0.05) is 28.6 Å². The molecule has 0 amide bonds. The van der Waals surface area contributed by atoms with Gasteiger partial charge in [-0.25, -0.2) is 0 Å². The molecule has 0 saturated carbocycles. The fourth-order valence-electron chi connectivity index (χ4n) is 1.57. The molecule has 1 unspecified atom stereocenters. The first-order chi connectivity index (χ1) is 8.06. The topological polar surface area (TPSA) is 50.9 Å². The second kappa shape index (κ2) is 5.29. The number of benzene rings is 1. The first kappa shape index (κ1) is 12.7. The van der Waals surface area contributed by atoms with Crippen LogP contribution in [-0.4, -0.2) is 20.1 Å². The summed E-state index contributed by atoms with van der Waals surface area (Å²) in [6.45, 7) is 0. The van der Waals surface area contributed by atoms with E-state index in [2.05, 4.69) is 42.2 Å². The van der Waals surface area contributed by atoms with Crippen molar-refractivity contribution in [2.45, 2.75) is 12.5 Å². The van der Waals surface area contributed by atoms with Crippen molar-refractivity contribution in [3.8, 4) is 0 Å². The van der Waals surface area contributed by atoms with Crippen LogP contribution in [0.5, 0.6) is 0 Å². The van der Waals surface area contributed by atoms with Gasteiger partial charge in [0.15, 0.2) is 0 Å². The average Bonchev–Trinajstić information content (AvgIpc) is 2.67. The summed E-state index contributed by atoms with van der Waals surface area (Å²) in [5, 5.41) is 18.0. The molecule has 1 heterocycles. The van der Waals surface area contributed by atoms with Gasteiger partial charge in [0.25, 0.3) is 0 Å². The molecule has 17 heavy (non-hydrogen) atoms. The van der Waals surface area contributed by atoms with E-state index in [-0.39, 0.29) is 0 Å². The molecule has 6 heteroatoms. The summed E-state index contributed by atoms with van der Waals surface area (Å²) in [6.07, 6.45) is 1.65. The van der Waals surface area contributed by atoms with Crippen LogP contribution < -0.4 is 0 Å². The minimum Gasteiger partial charge on any atom is -0.388 e. The van der Waals surface area contributed by atoms with Gasteiger partial charge in [0.05, 0.1) is 11.8 Å². The summed E-state index contributed by atoms with van der Waals surface area (Å²) < 4.78 is 3.45. The summed E-state index contributed by atoms with van der Waals surface area (Å²) in [4.78, 5) is 0. The van der Waals surface area contributed by atoms with Gasteiger partial charge in [0.2, 0.25) is 0 Å². The van der Waals surface area contributed by atoms with E-state index in [1.807, 2.05) is 18.2 Å². The molecule has 0 aliphatic carbocycles. The molecular formula is C11H11Br2N3O. The lowest BCUT2D eigenvalue weighted by Gasteiger charge is -2.11. The zero-order valence-corrected chi connectivity index (χ0v) is 12.3. The van der Waals surface area contributed by atoms with Crippen LogP contribution in [0.2, 0.25) is 0 Å². The Bertz CT molecular complexity index is 527. The second-order valence-electron chi connectivity index (χ2n) is 3.77. The summed E-state index contributed by atoms with van der Waals surface area (Å²) in [5.41, 5.74) is 1.61. The normalized spacial score (nSPS) is 12.7. The summed E-state index contributed by atoms with van der Waals surface area (Å²) in [5.74, 6) is 0. The molecule has 2 aromatic rings. The van der Waals surface area contributed by atoms with Gasteiger partial charge in [-0.3, -0.25) is 4.68 Å². The second-order valence-corrected chi connectivity index (χ2v) is 5.54. The zero-order chi connectivity index (χ0) is 12.4. The summed E-state index contributed by atoms with van der Waals surface area (Å²) in [6, 6.07) is 5.72. The molecule has 1 N–H and O–H groups in total. The van der Waals surface area contributed by atoms with E-state index in [1.165, 1.54) is 0 Å². The summed E-state index contributed by atoms with van der Waals surface area (Å²) in [7, 11) is 1.80. The van der Waals surface area contributed by atoms with Gasteiger partial charge in [0.1, 0.15) is 0 Å². The molecule has 0 saturated heterocycles. The standard InChI is InChI=1S/C11H11Br2N3O/c1-16-6-8(14-15-16)5-11(17)9-4-7(12)2-3-10(9)13/h2-4,6,11,17H,5H2,1H3. The molecule has 90 valence electrons. The van der Waals surface area contributed by atoms with Crippen molar-refractivity contribution in [2.24, 2.45) is 7.05 Å². The van der Waals surface area contributed by atoms with Gasteiger partial charge >= 0.3 is 0 Å². The number of halogens is 2. The Morgan fingerprint density at radius 2 is 2.18 bits per heavy atom. The summed E-state index contributed by atoms with van der Waals surface area (Å²) >= 11 is 6.82. The monoisotopic (exact) mass is 359 g/mol. The first-order valence-corrected chi connectivity index (χ1v) is 6.63. The zero-order valence-electron chi connectivity index (χ0n) is 9.14. The number of aromatic nitrogens is 3. The molecule has 2 rings (SSSR count). The highest BCUT2D eigenvalue weighted by Crippen LogP contribution is 2.28. The molecule has 1 aromatic heterocycles. The Kier molecular flexibility index (Phi) is 3.96. The number of aliphatic hydroxyl groups is 1. The highest BCUT2D eigenvalue weighted by atomic mass is 79.9. The van der Waals surface area contributed by atoms with E-state index >= 15 is 0 Å². The SMILES string of the molecule is Cn1cc(CC(O)c2cc(Br)ccc2Br)nn1. The molecule has 0 bridgehead atoms. The third-order valence-electron chi connectivity index (χ3n) is 2.37. The third kappa shape index (κ3) is 3.14. The quantitative estimate of drug-likeness (QED) is 0.915. The first-order valence-electron chi connectivity index (χ1n) is 5.04. The molecular weight excluding hydrogens is 350 g/mol. The number of aryl methyl sites for hydroxylation is 1. The molecule has 0 radical (unpaired) electrons. The van der Waals surface area contributed by atoms with Gasteiger partial charge in [-0.2, -0.15) is 0 Å². The van der Waals surface area contributed by atoms with Crippen LogP contribution in [0.15, 0.2) is 33.3 Å². The largest absolute Gasteiger partial charge is 0.388 e. The minimum atomic E-state index is -0.599. The predicted octanol–water partition coefficient (Wildman–Crippen LogP) is 2.62. The van der Waals surface area contributed by atoms with Crippen LogP contribution in [-0.2, 0) is 13.5 Å². The van der Waals surface area contributed by atoms with E-state index in [4.69, 9.17) is 0 Å². The molecule has 1 aromatic carbocycles. The van der Waals surface area contributed by atoms with Crippen molar-refractivity contribution in [3.05, 3.63) is 44.6 Å². The number of aliphatic hydroxyl groups excluding tert-OH is 1. The average molecular weight is 361 g/mol. The van der Waals surface area contributed by atoms with Crippen molar-refractivity contribution in [3.63, 3.8) is 0 Å². The number of hydrogen-bond acceptors (Lipinski definition) is 3. The van der Waals surface area contributed by atoms with Crippen LogP contribution >= 0.6 is 31.9 Å². The molecule has 0 aliphatic rings. The molecule has 1 atom stereocenters. The maximum Gasteiger partial charge on any atom is 0.0858 e. The highest BCUT2D eigenvalue weighted by Gasteiger charge is 2.14. The van der Waals surface area contributed by atoms with Crippen LogP contribution in [0.1, 0.15) is 17.4 Å². The van der Waals surface area contributed by atoms with Crippen LogP contribution in [0.3, 0.4) is 0 Å². The number of nitrogens with zero attached hydrogens (tertiary/aromatic N) is 3. The number of hydrogen-bond donors (Lipinski definition) is 1. The van der Waals surface area contributed by atoms with Crippen LogP contribution in [0.4, 0.5) is 0 Å². The van der Waals surface area contributed by atoms with E-state index in [0.29, 0.717) is 6.42 Å². The van der Waals surface area contributed by atoms with Gasteiger partial charge in [-0.1, -0.05) is 37.1 Å². The molecule has 0 fully saturated rings. The minimum absolute atomic E-state index is 0.447. The van der Waals surface area contributed by atoms with E-state index < -0.39 is 6.10 Å². The molecule has 0 spiro atoms. The maximum atomic E-state index is 10.2. The highest BCUT2D eigenvalue weighted by molar-refractivity contribution is 9.11. The van der Waals surface area contributed by atoms with Crippen molar-refractivity contribution < 1.29 is 5.11 Å². The smallest absolute Gasteiger partial charge is 0.0858 e. The fraction of sp³-hybridized carbons (Fsp3) is 0.273. The Labute approximate surface area is 116 Å². The van der Waals surface area contributed by atoms with Crippen molar-refractivity contribution in [1.82, 2.24) is 15.0 Å². The number of rotatable bonds is 3. The van der Waals surface area contributed by atoms with Crippen LogP contribution in [0.25, 0.3) is 0 Å². The van der Waals surface area contributed by atoms with Gasteiger partial charge < -0.3 is 5.11 Å². The lowest BCUT2D eigenvalue weighted by molar-refractivity contribution is 0.176. The Hall–Kier alpha value is -0.720. The Morgan fingerprint density at radius 3 is 2.82 bits per heavy atom. The van der Waals surface area contributed by atoms with E-state index in [9.17, 15) is 5.11 Å². The van der Waals surface area contributed by atoms with Gasteiger partial charge in [-0.15, -0.1) is 5.10 Å². The molecule has 4 nitrogen and oxygen atoms in total. The predicted molar refractivity (Wildman–Crippen MR) is 71.5 cm³/mol. The van der Waals surface area contributed by atoms with Gasteiger partial charge in [-0.05, 0) is 23.8 Å². The van der Waals surface area contributed by atoms with E-state index in [1.54, 1.807) is 17.9 Å². The van der Waals surface area contributed by atoms with Crippen molar-refractivity contribution in [1.29, 1.82) is 0 Å². The Balaban J connectivity index is 2.19. The van der Waals surface area contributed by atoms with Crippen molar-refractivity contribution >= 4 is 31.9 Å². The Morgan fingerprint density at radius 1 is 1.41 bits per heavy atom. The third-order valence-corrected chi connectivity index (χ3v) is 3.59. The maximum absolute atomic E-state index is 10.2.